The van der Waals surface area contributed by atoms with Crippen LogP contribution < -0.4 is 113 Å². The van der Waals surface area contributed by atoms with Crippen LogP contribution >= 0.6 is 0 Å². The first-order valence-corrected chi connectivity index (χ1v) is 42.9. The number of aliphatic carboxylic acids is 3. The van der Waals surface area contributed by atoms with Crippen molar-refractivity contribution in [2.45, 2.75) is 217 Å². The predicted octanol–water partition coefficient (Wildman–Crippen LogP) is -6.16. The van der Waals surface area contributed by atoms with Crippen LogP contribution in [-0.4, -0.2) is 267 Å². The van der Waals surface area contributed by atoms with Crippen LogP contribution in [0.1, 0.15) is 168 Å². The molecule has 53 nitrogen and oxygen atoms in total. The molecule has 53 heteroatoms. The maximum atomic E-state index is 14.3. The number of phenols is 2. The Balaban J connectivity index is 0.945. The number of nitrogens with two attached hydrogens (primary N) is 3. The normalized spacial score (nSPS) is 14.9. The highest BCUT2D eigenvalue weighted by Crippen LogP contribution is 2.57. The van der Waals surface area contributed by atoms with Crippen molar-refractivity contribution in [2.75, 3.05) is 13.1 Å². The van der Waals surface area contributed by atoms with Crippen LogP contribution in [0.3, 0.4) is 0 Å². The number of carboxylic acids is 3. The fraction of sp³-hybridized carbons (Fsp3) is 0.452. The molecule has 137 heavy (non-hydrogen) atoms. The molecule has 18 amide bonds. The van der Waals surface area contributed by atoms with E-state index in [9.17, 15) is 126 Å². The van der Waals surface area contributed by atoms with E-state index in [2.05, 4.69) is 105 Å². The molecule has 0 unspecified atom stereocenters. The van der Waals surface area contributed by atoms with Crippen molar-refractivity contribution in [3.05, 3.63) is 119 Å². The topological polar surface area (TPSA) is 842 Å². The second-order valence-electron chi connectivity index (χ2n) is 32.5. The molecule has 0 aliphatic carbocycles. The van der Waals surface area contributed by atoms with Crippen molar-refractivity contribution >= 4 is 130 Å². The van der Waals surface area contributed by atoms with Gasteiger partial charge in [-0.2, -0.15) is 0 Å². The number of primary amides is 2. The summed E-state index contributed by atoms with van der Waals surface area (Å²) in [5.41, 5.74) is 19.4. The molecule has 740 valence electrons. The van der Waals surface area contributed by atoms with E-state index < -0.39 is 278 Å². The van der Waals surface area contributed by atoms with Crippen molar-refractivity contribution in [3.63, 3.8) is 0 Å². The number of hydrogen-bond acceptors (Lipinski definition) is 28. The number of benzene rings is 3. The third kappa shape index (κ3) is 31.3. The number of carbonyl (C=O) groups excluding carboxylic acids is 18. The molecule has 0 fully saturated rings. The first kappa shape index (κ1) is 107. The molecule has 0 saturated carbocycles. The lowest BCUT2D eigenvalue weighted by Gasteiger charge is -2.36. The lowest BCUT2D eigenvalue weighted by atomic mass is 9.77. The highest BCUT2D eigenvalue weighted by molar-refractivity contribution is 6.04. The zero-order chi connectivity index (χ0) is 102. The van der Waals surface area contributed by atoms with Crippen LogP contribution in [-0.2, 0) is 109 Å². The van der Waals surface area contributed by atoms with Crippen LogP contribution in [0.4, 0.5) is 4.79 Å². The minimum Gasteiger partial charge on any atom is -0.508 e. The largest absolute Gasteiger partial charge is 0.508 e. The summed E-state index contributed by atoms with van der Waals surface area (Å²) in [7, 11) is 0. The fourth-order valence-electron chi connectivity index (χ4n) is 13.9. The van der Waals surface area contributed by atoms with Gasteiger partial charge in [0.05, 0.1) is 42.6 Å². The van der Waals surface area contributed by atoms with Gasteiger partial charge < -0.3 is 142 Å². The number of phenolic OH excluding ortho intramolecular Hbond substituents is 2. The summed E-state index contributed by atoms with van der Waals surface area (Å²) in [6.07, 6.45) is -0.205. The molecule has 2 aromatic heterocycles. The number of hydrazine groups is 1. The first-order valence-electron chi connectivity index (χ1n) is 42.9. The molecular formula is C84H111N25O28. The fourth-order valence-corrected chi connectivity index (χ4v) is 13.9. The molecule has 2 aliphatic rings. The molecule has 3 aromatic carbocycles. The summed E-state index contributed by atoms with van der Waals surface area (Å²) in [5.74, 6) is -24.7. The Kier molecular flexibility index (Phi) is 39.0. The summed E-state index contributed by atoms with van der Waals surface area (Å²) in [6.45, 7) is 10.0. The maximum absolute atomic E-state index is 14.3. The van der Waals surface area contributed by atoms with Crippen molar-refractivity contribution in [2.24, 2.45) is 29.0 Å². The Morgan fingerprint density at radius 2 is 0.920 bits per heavy atom. The lowest BCUT2D eigenvalue weighted by molar-refractivity contribution is -0.142. The number of aromatic hydroxyl groups is 2. The quantitative estimate of drug-likeness (QED) is 0.00566. The predicted molar refractivity (Wildman–Crippen MR) is 471 cm³/mol. The van der Waals surface area contributed by atoms with E-state index in [1.165, 1.54) is 114 Å². The van der Waals surface area contributed by atoms with E-state index in [1.54, 1.807) is 6.92 Å². The highest BCUT2D eigenvalue weighted by Gasteiger charge is 2.54. The van der Waals surface area contributed by atoms with Gasteiger partial charge in [0.25, 0.3) is 11.8 Å². The number of nitrogens with zero attached hydrogens (tertiary/aromatic N) is 2. The summed E-state index contributed by atoms with van der Waals surface area (Å²) in [4.78, 5) is 295. The number of ether oxygens (including phenoxy) is 2. The molecule has 2 aliphatic heterocycles. The van der Waals surface area contributed by atoms with Gasteiger partial charge in [-0.25, -0.2) is 29.8 Å². The van der Waals surface area contributed by atoms with Gasteiger partial charge in [0.15, 0.2) is 11.6 Å². The zero-order valence-corrected chi connectivity index (χ0v) is 75.3. The monoisotopic (exact) mass is 1920 g/mol. The van der Waals surface area contributed by atoms with E-state index in [-0.39, 0.29) is 100 Å². The molecule has 7 rings (SSSR count). The van der Waals surface area contributed by atoms with Crippen LogP contribution in [0.5, 0.6) is 23.0 Å². The third-order valence-electron chi connectivity index (χ3n) is 21.5. The van der Waals surface area contributed by atoms with Crippen molar-refractivity contribution in [1.29, 1.82) is 5.41 Å². The molecule has 0 radical (unpaired) electrons. The number of carbonyl (C=O) groups is 21. The Morgan fingerprint density at radius 3 is 1.42 bits per heavy atom. The minimum atomic E-state index is -1.99. The van der Waals surface area contributed by atoms with E-state index in [0.29, 0.717) is 0 Å². The van der Waals surface area contributed by atoms with Gasteiger partial charge in [0.2, 0.25) is 82.7 Å². The molecule has 4 heterocycles. The number of hydrogen-bond donors (Lipinski definition) is 28. The lowest BCUT2D eigenvalue weighted by Crippen LogP contribution is -2.61. The molecule has 1 spiro atoms. The summed E-state index contributed by atoms with van der Waals surface area (Å²) < 4.78 is 12.1. The van der Waals surface area contributed by atoms with E-state index >= 15 is 0 Å². The van der Waals surface area contributed by atoms with Crippen LogP contribution in [0.15, 0.2) is 79.6 Å². The van der Waals surface area contributed by atoms with Crippen molar-refractivity contribution in [1.82, 2.24) is 111 Å². The number of aromatic amines is 2. The van der Waals surface area contributed by atoms with Gasteiger partial charge in [0, 0.05) is 85.4 Å². The zero-order valence-electron chi connectivity index (χ0n) is 75.3. The van der Waals surface area contributed by atoms with Crippen LogP contribution in [0.25, 0.3) is 0 Å². The van der Waals surface area contributed by atoms with E-state index in [4.69, 9.17) is 32.1 Å². The Bertz CT molecular complexity index is 5310. The van der Waals surface area contributed by atoms with E-state index in [0.717, 1.165) is 13.8 Å². The highest BCUT2D eigenvalue weighted by atomic mass is 16.6. The number of H-pyrrole nitrogens is 2. The van der Waals surface area contributed by atoms with Gasteiger partial charge >= 0.3 is 29.9 Å². The second-order valence-corrected chi connectivity index (χ2v) is 32.5. The summed E-state index contributed by atoms with van der Waals surface area (Å²) in [6, 6.07) is -10.5. The van der Waals surface area contributed by atoms with Gasteiger partial charge in [-0.3, -0.25) is 97.1 Å². The number of urea groups is 1. The Labute approximate surface area is 779 Å². The number of guanidine groups is 1. The number of aromatic nitrogens is 4. The van der Waals surface area contributed by atoms with Gasteiger partial charge in [-0.1, -0.05) is 34.1 Å². The number of carboxylic acid groups (broad SMARTS) is 3. The summed E-state index contributed by atoms with van der Waals surface area (Å²) in [5, 5.41) is 92.3. The van der Waals surface area contributed by atoms with Crippen LogP contribution in [0, 0.1) is 17.2 Å². The average Bonchev–Trinajstić information content (AvgIpc) is 1.55. The van der Waals surface area contributed by atoms with Crippen molar-refractivity contribution < 1.29 is 136 Å². The number of esters is 1. The van der Waals surface area contributed by atoms with E-state index in [1.807, 2.05) is 5.43 Å². The molecule has 14 atom stereocenters. The number of amides is 18. The number of imidazole rings is 2. The molecule has 0 saturated heterocycles. The molecule has 5 aromatic rings. The summed E-state index contributed by atoms with van der Waals surface area (Å²) >= 11 is 0. The average molecular weight is 1920 g/mol. The minimum absolute atomic E-state index is 0.0267. The number of fused-ring (bicyclic) bond motifs is 6. The van der Waals surface area contributed by atoms with Gasteiger partial charge in [-0.15, -0.1) is 0 Å². The Hall–Kier alpha value is -16.6. The third-order valence-corrected chi connectivity index (χ3v) is 21.5. The number of rotatable bonds is 51. The van der Waals surface area contributed by atoms with Crippen molar-refractivity contribution in [3.8, 4) is 23.0 Å². The maximum Gasteiger partial charge on any atom is 0.340 e. The smallest absolute Gasteiger partial charge is 0.340 e. The number of nitrogens with one attached hydrogen (secondary N) is 20. The first-order chi connectivity index (χ1) is 64.6. The molecule has 31 N–H and O–H groups in total. The molecule has 0 bridgehead atoms. The SMILES string of the molecule is CC[C@H](C)[C@H](NC(=O)[C@H](CCC(=O)O)NC(=O)[C@H](C)NC(=O)[C@H](Cc1c[nH]cn1)NC(=O)NNC(=O)[C@H](C)NC(=O)[C@H](Cc1c[nH]cn1)NC(=O)[C@@H](NC(=O)[C@H](C)NC(=O)[C@H](CCC(N)=O)NC(=O)c1ccc2c(c1)C1(OC2=O)c2ccc(O)cc2Oc2cc(O)ccc21)C(C)C)C(=O)N[C@@H](CC(N)=O)C(=O)N[C@@H](CCC(=O)O)C(=O)N[C@@H](C)C(=O)NCC(=O)N[C@@H](CCCNC(=N)N)C(=O)O. The Morgan fingerprint density at radius 1 is 0.460 bits per heavy atom. The van der Waals surface area contributed by atoms with Crippen LogP contribution in [0.2, 0.25) is 0 Å². The second kappa shape index (κ2) is 49.8. The molecular weight excluding hydrogens is 1810 g/mol. The van der Waals surface area contributed by atoms with Gasteiger partial charge in [0.1, 0.15) is 102 Å². The standard InChI is InChI=1S/C84H111N25O28/c1-9-37(4)66(79(131)104-57(30-61(86)113)77(129)102-52(19-22-63(115)116)73(125)95-38(5)67(119)92-33-62(114)99-54(80(132)133)11-10-24-91-82(87)88)107-74(126)53(20-23-64(117)118)100-68(120)39(6)97-76(128)56(27-44-32-90-35-94-44)105-83(135)109-108-70(122)41(8)98-75(127)55(26-43-31-89-34-93-43)103-78(130)65(36(2)3)106-69(121)40(7)96-72(124)51(18-21-60(85)112)101-71(123)42-12-15-47-50(25-42)84(137-81(47)134)48-16-13-45(110)28-58(48)136-59-29-46(111)14-17-49(59)84/h12-17,25,28-29,31-32,34-41,51-57,65-66,110-111H,9-11,18-24,26-27,30,33H2,1-8H3,(H2,85,112)(H2,86,113)(H,89,93)(H,90,94)(H,92,119)(H,95,125)(H,96,124)(H,97,128)(H,98,127)(H,99,114)(H,100,120)(H,101,123)(H,102,129)(H,103,130)(H,104,131)(H,106,121)(H,107,126)(H,108,122)(H,115,116)(H,117,118)(H,132,133)(H4,87,88,91)(H2,105,109,135)/t37-,38-,39-,40-,41-,51-,52-,53-,54-,55-,56-,57-,65-,66-/m0/s1. The van der Waals surface area contributed by atoms with Gasteiger partial charge in [-0.05, 0) is 114 Å².